The number of amides is 1. The molecule has 2 aliphatic heterocycles. The Hall–Kier alpha value is -2.41. The molecule has 1 saturated heterocycles. The third-order valence-corrected chi connectivity index (χ3v) is 5.58. The Balaban J connectivity index is 1.39. The second-order valence-electron chi connectivity index (χ2n) is 7.35. The molecule has 1 atom stereocenters. The number of rotatable bonds is 4. The highest BCUT2D eigenvalue weighted by molar-refractivity contribution is 5.77. The monoisotopic (exact) mass is 369 g/mol. The van der Waals surface area contributed by atoms with Gasteiger partial charge in [0.15, 0.2) is 6.61 Å². The molecule has 3 heterocycles. The number of hydrogen-bond acceptors (Lipinski definition) is 5. The standard InChI is InChI=1S/C20H27N5O2/c1-23-11-6-5-9-17(23)20-22-21-18-10-12-24(13-14-25(18)20)19(26)15-27-16-7-3-2-4-8-16/h2-4,7-8,17H,5-6,9-15H2,1H3. The molecule has 7 nitrogen and oxygen atoms in total. The zero-order valence-corrected chi connectivity index (χ0v) is 15.9. The first-order chi connectivity index (χ1) is 13.2. The first-order valence-electron chi connectivity index (χ1n) is 9.80. The van der Waals surface area contributed by atoms with Gasteiger partial charge in [-0.2, -0.15) is 0 Å². The van der Waals surface area contributed by atoms with Gasteiger partial charge in [0.05, 0.1) is 6.04 Å². The van der Waals surface area contributed by atoms with Crippen molar-refractivity contribution in [1.29, 1.82) is 0 Å². The Kier molecular flexibility index (Phi) is 5.38. The van der Waals surface area contributed by atoms with Crippen LogP contribution in [0.2, 0.25) is 0 Å². The quantitative estimate of drug-likeness (QED) is 0.824. The van der Waals surface area contributed by atoms with Crippen LogP contribution in [0, 0.1) is 0 Å². The molecule has 1 aromatic heterocycles. The number of aromatic nitrogens is 3. The van der Waals surface area contributed by atoms with Gasteiger partial charge in [-0.25, -0.2) is 0 Å². The molecule has 27 heavy (non-hydrogen) atoms. The molecular formula is C20H27N5O2. The summed E-state index contributed by atoms with van der Waals surface area (Å²) in [6.45, 7) is 3.26. The Labute approximate surface area is 159 Å². The Morgan fingerprint density at radius 2 is 1.96 bits per heavy atom. The average Bonchev–Trinajstić information content (AvgIpc) is 2.98. The maximum Gasteiger partial charge on any atom is 0.260 e. The van der Waals surface area contributed by atoms with E-state index in [0.29, 0.717) is 19.1 Å². The maximum absolute atomic E-state index is 12.6. The SMILES string of the molecule is CN1CCCCC1c1nnc2n1CCN(C(=O)COc1ccccc1)CC2. The van der Waals surface area contributed by atoms with Gasteiger partial charge in [0.1, 0.15) is 17.4 Å². The highest BCUT2D eigenvalue weighted by Gasteiger charge is 2.29. The van der Waals surface area contributed by atoms with Gasteiger partial charge in [0, 0.05) is 26.1 Å². The van der Waals surface area contributed by atoms with Crippen molar-refractivity contribution in [2.24, 2.45) is 0 Å². The van der Waals surface area contributed by atoms with Crippen LogP contribution in [0.25, 0.3) is 0 Å². The van der Waals surface area contributed by atoms with Crippen LogP contribution in [0.4, 0.5) is 0 Å². The van der Waals surface area contributed by atoms with Crippen LogP contribution in [0.1, 0.15) is 37.0 Å². The van der Waals surface area contributed by atoms with Crippen LogP contribution in [-0.2, 0) is 17.8 Å². The summed E-state index contributed by atoms with van der Waals surface area (Å²) in [5.74, 6) is 2.79. The van der Waals surface area contributed by atoms with Crippen LogP contribution in [0.5, 0.6) is 5.75 Å². The maximum atomic E-state index is 12.6. The lowest BCUT2D eigenvalue weighted by atomic mass is 10.0. The summed E-state index contributed by atoms with van der Waals surface area (Å²) in [5, 5.41) is 8.93. The first-order valence-corrected chi connectivity index (χ1v) is 9.80. The molecule has 2 aliphatic rings. The topological polar surface area (TPSA) is 63.5 Å². The minimum absolute atomic E-state index is 0.0221. The van der Waals surface area contributed by atoms with Crippen molar-refractivity contribution in [3.63, 3.8) is 0 Å². The van der Waals surface area contributed by atoms with E-state index in [4.69, 9.17) is 4.74 Å². The van der Waals surface area contributed by atoms with Crippen molar-refractivity contribution in [1.82, 2.24) is 24.6 Å². The number of carbonyl (C=O) groups is 1. The molecule has 1 unspecified atom stereocenters. The number of ether oxygens (including phenoxy) is 1. The molecule has 0 N–H and O–H groups in total. The van der Waals surface area contributed by atoms with E-state index in [-0.39, 0.29) is 12.5 Å². The van der Waals surface area contributed by atoms with Gasteiger partial charge >= 0.3 is 0 Å². The minimum atomic E-state index is 0.0221. The fourth-order valence-corrected chi connectivity index (χ4v) is 4.00. The van der Waals surface area contributed by atoms with Crippen molar-refractivity contribution in [2.75, 3.05) is 33.3 Å². The predicted octanol–water partition coefficient (Wildman–Crippen LogP) is 1.90. The van der Waals surface area contributed by atoms with Gasteiger partial charge in [-0.05, 0) is 38.6 Å². The molecule has 1 aromatic carbocycles. The van der Waals surface area contributed by atoms with Gasteiger partial charge in [-0.15, -0.1) is 10.2 Å². The van der Waals surface area contributed by atoms with E-state index < -0.39 is 0 Å². The van der Waals surface area contributed by atoms with E-state index >= 15 is 0 Å². The summed E-state index contributed by atoms with van der Waals surface area (Å²) < 4.78 is 7.85. The molecule has 4 rings (SSSR count). The van der Waals surface area contributed by atoms with Crippen molar-refractivity contribution in [2.45, 2.75) is 38.3 Å². The number of carbonyl (C=O) groups excluding carboxylic acids is 1. The number of fused-ring (bicyclic) bond motifs is 1. The number of piperidine rings is 1. The fourth-order valence-electron chi connectivity index (χ4n) is 4.00. The van der Waals surface area contributed by atoms with Crippen LogP contribution in [0.3, 0.4) is 0 Å². The fraction of sp³-hybridized carbons (Fsp3) is 0.550. The van der Waals surface area contributed by atoms with Crippen LogP contribution in [0.15, 0.2) is 30.3 Å². The highest BCUT2D eigenvalue weighted by Crippen LogP contribution is 2.29. The van der Waals surface area contributed by atoms with Crippen molar-refractivity contribution in [3.05, 3.63) is 42.0 Å². The van der Waals surface area contributed by atoms with Crippen molar-refractivity contribution >= 4 is 5.91 Å². The van der Waals surface area contributed by atoms with Gasteiger partial charge in [0.2, 0.25) is 0 Å². The molecule has 7 heteroatoms. The first kappa shape index (κ1) is 18.0. The second kappa shape index (κ2) is 8.08. The third kappa shape index (κ3) is 3.98. The van der Waals surface area contributed by atoms with Gasteiger partial charge in [0.25, 0.3) is 5.91 Å². The molecule has 144 valence electrons. The van der Waals surface area contributed by atoms with Crippen LogP contribution in [-0.4, -0.2) is 63.8 Å². The smallest absolute Gasteiger partial charge is 0.260 e. The van der Waals surface area contributed by atoms with Gasteiger partial charge < -0.3 is 14.2 Å². The summed E-state index contributed by atoms with van der Waals surface area (Å²) in [5.41, 5.74) is 0. The zero-order chi connectivity index (χ0) is 18.6. The minimum Gasteiger partial charge on any atom is -0.484 e. The molecule has 2 aromatic rings. The van der Waals surface area contributed by atoms with E-state index in [9.17, 15) is 4.79 Å². The number of nitrogens with zero attached hydrogens (tertiary/aromatic N) is 5. The van der Waals surface area contributed by atoms with Crippen LogP contribution < -0.4 is 4.74 Å². The molecule has 0 aliphatic carbocycles. The third-order valence-electron chi connectivity index (χ3n) is 5.58. The Morgan fingerprint density at radius 1 is 1.11 bits per heavy atom. The normalized spacial score (nSPS) is 20.8. The number of likely N-dealkylation sites (tertiary alicyclic amines) is 1. The summed E-state index contributed by atoms with van der Waals surface area (Å²) in [6, 6.07) is 9.81. The molecule has 1 amide bonds. The van der Waals surface area contributed by atoms with E-state index in [1.165, 1.54) is 12.8 Å². The second-order valence-corrected chi connectivity index (χ2v) is 7.35. The Bertz CT molecular complexity index is 776. The molecule has 0 radical (unpaired) electrons. The summed E-state index contributed by atoms with van der Waals surface area (Å²) in [4.78, 5) is 16.8. The highest BCUT2D eigenvalue weighted by atomic mass is 16.5. The number of para-hydroxylation sites is 1. The molecule has 0 spiro atoms. The summed E-state index contributed by atoms with van der Waals surface area (Å²) in [7, 11) is 2.17. The van der Waals surface area contributed by atoms with Crippen molar-refractivity contribution in [3.8, 4) is 5.75 Å². The summed E-state index contributed by atoms with van der Waals surface area (Å²) >= 11 is 0. The molecule has 0 saturated carbocycles. The van der Waals surface area contributed by atoms with E-state index in [2.05, 4.69) is 26.7 Å². The predicted molar refractivity (Wildman–Crippen MR) is 101 cm³/mol. The summed E-state index contributed by atoms with van der Waals surface area (Å²) in [6.07, 6.45) is 4.35. The van der Waals surface area contributed by atoms with Crippen molar-refractivity contribution < 1.29 is 9.53 Å². The number of benzene rings is 1. The largest absolute Gasteiger partial charge is 0.484 e. The molecular weight excluding hydrogens is 342 g/mol. The van der Waals surface area contributed by atoms with E-state index in [1.54, 1.807) is 0 Å². The van der Waals surface area contributed by atoms with Gasteiger partial charge in [-0.3, -0.25) is 9.69 Å². The Morgan fingerprint density at radius 3 is 2.78 bits per heavy atom. The molecule has 1 fully saturated rings. The number of hydrogen-bond donors (Lipinski definition) is 0. The lowest BCUT2D eigenvalue weighted by Crippen LogP contribution is -2.37. The molecule has 0 bridgehead atoms. The van der Waals surface area contributed by atoms with Crippen LogP contribution >= 0.6 is 0 Å². The van der Waals surface area contributed by atoms with E-state index in [0.717, 1.165) is 43.3 Å². The van der Waals surface area contributed by atoms with E-state index in [1.807, 2.05) is 35.2 Å². The lowest BCUT2D eigenvalue weighted by molar-refractivity contribution is -0.133. The van der Waals surface area contributed by atoms with Gasteiger partial charge in [-0.1, -0.05) is 24.6 Å². The lowest BCUT2D eigenvalue weighted by Gasteiger charge is -2.31. The average molecular weight is 369 g/mol. The zero-order valence-electron chi connectivity index (χ0n) is 15.9.